The summed E-state index contributed by atoms with van der Waals surface area (Å²) in [6.07, 6.45) is 5.13. The van der Waals surface area contributed by atoms with E-state index in [2.05, 4.69) is 5.10 Å². The summed E-state index contributed by atoms with van der Waals surface area (Å²) >= 11 is 0. The smallest absolute Gasteiger partial charge is 0.168 e. The highest BCUT2D eigenvalue weighted by Crippen LogP contribution is 2.40. The van der Waals surface area contributed by atoms with Crippen molar-refractivity contribution in [3.8, 4) is 0 Å². The second-order valence-electron chi connectivity index (χ2n) is 3.00. The Balaban J connectivity index is 2.44. The van der Waals surface area contributed by atoms with E-state index >= 15 is 0 Å². The molecular formula is C8H10N2O. The molecule has 11 heavy (non-hydrogen) atoms. The summed E-state index contributed by atoms with van der Waals surface area (Å²) in [7, 11) is 1.80. The predicted octanol–water partition coefficient (Wildman–Crippen LogP) is 1.11. The summed E-state index contributed by atoms with van der Waals surface area (Å²) in [4.78, 5) is 10.6. The van der Waals surface area contributed by atoms with Crippen molar-refractivity contribution in [2.45, 2.75) is 18.8 Å². The minimum absolute atomic E-state index is 0.615. The number of carbonyl (C=O) groups excluding carboxylic acids is 1. The minimum atomic E-state index is 0.615. The van der Waals surface area contributed by atoms with Gasteiger partial charge in [-0.2, -0.15) is 5.10 Å². The van der Waals surface area contributed by atoms with Crippen molar-refractivity contribution < 1.29 is 4.79 Å². The van der Waals surface area contributed by atoms with Crippen molar-refractivity contribution in [3.05, 3.63) is 17.5 Å². The number of aldehydes is 1. The normalized spacial score (nSPS) is 16.8. The van der Waals surface area contributed by atoms with E-state index in [0.29, 0.717) is 5.92 Å². The molecule has 0 saturated heterocycles. The van der Waals surface area contributed by atoms with Gasteiger partial charge in [0.25, 0.3) is 0 Å². The lowest BCUT2D eigenvalue weighted by Crippen LogP contribution is -1.97. The summed E-state index contributed by atoms with van der Waals surface area (Å²) in [5.74, 6) is 0.615. The van der Waals surface area contributed by atoms with Crippen LogP contribution in [0.5, 0.6) is 0 Å². The summed E-state index contributed by atoms with van der Waals surface area (Å²) < 4.78 is 1.64. The maximum Gasteiger partial charge on any atom is 0.168 e. The van der Waals surface area contributed by atoms with E-state index in [4.69, 9.17) is 0 Å². The van der Waals surface area contributed by atoms with Gasteiger partial charge in [0.2, 0.25) is 0 Å². The molecule has 58 valence electrons. The van der Waals surface area contributed by atoms with Crippen LogP contribution in [0.1, 0.15) is 34.8 Å². The average Bonchev–Trinajstić information content (AvgIpc) is 2.76. The van der Waals surface area contributed by atoms with Crippen LogP contribution in [-0.4, -0.2) is 16.1 Å². The first-order valence-electron chi connectivity index (χ1n) is 3.80. The molecule has 0 aromatic carbocycles. The highest BCUT2D eigenvalue weighted by atomic mass is 16.1. The topological polar surface area (TPSA) is 34.9 Å². The number of rotatable bonds is 2. The molecular weight excluding hydrogens is 140 g/mol. The molecule has 1 aliphatic carbocycles. The Hall–Kier alpha value is -1.12. The van der Waals surface area contributed by atoms with Gasteiger partial charge in [0.1, 0.15) is 5.69 Å². The van der Waals surface area contributed by atoms with Crippen molar-refractivity contribution in [3.63, 3.8) is 0 Å². The van der Waals surface area contributed by atoms with E-state index in [1.807, 2.05) is 0 Å². The van der Waals surface area contributed by atoms with Gasteiger partial charge in [-0.3, -0.25) is 9.48 Å². The van der Waals surface area contributed by atoms with Crippen LogP contribution in [0.2, 0.25) is 0 Å². The van der Waals surface area contributed by atoms with Gasteiger partial charge >= 0.3 is 0 Å². The van der Waals surface area contributed by atoms with Crippen molar-refractivity contribution in [1.82, 2.24) is 9.78 Å². The van der Waals surface area contributed by atoms with Crippen molar-refractivity contribution >= 4 is 6.29 Å². The molecule has 1 heterocycles. The monoisotopic (exact) mass is 150 g/mol. The molecule has 0 radical (unpaired) electrons. The van der Waals surface area contributed by atoms with E-state index in [9.17, 15) is 4.79 Å². The second kappa shape index (κ2) is 2.19. The fourth-order valence-electron chi connectivity index (χ4n) is 1.32. The molecule has 1 aromatic rings. The minimum Gasteiger partial charge on any atom is -0.296 e. The molecule has 0 spiro atoms. The summed E-state index contributed by atoms with van der Waals surface area (Å²) in [6, 6.07) is 0. The lowest BCUT2D eigenvalue weighted by Gasteiger charge is -1.94. The van der Waals surface area contributed by atoms with E-state index in [1.165, 1.54) is 12.8 Å². The summed E-state index contributed by atoms with van der Waals surface area (Å²) in [6.45, 7) is 0. The molecule has 1 aromatic heterocycles. The van der Waals surface area contributed by atoms with Gasteiger partial charge in [-0.05, 0) is 18.8 Å². The third kappa shape index (κ3) is 0.964. The Kier molecular flexibility index (Phi) is 1.31. The van der Waals surface area contributed by atoms with Crippen molar-refractivity contribution in [2.75, 3.05) is 0 Å². The van der Waals surface area contributed by atoms with Crippen LogP contribution in [0.3, 0.4) is 0 Å². The Morgan fingerprint density at radius 2 is 2.45 bits per heavy atom. The van der Waals surface area contributed by atoms with E-state index in [0.717, 1.165) is 17.5 Å². The Morgan fingerprint density at radius 1 is 1.73 bits per heavy atom. The molecule has 0 aliphatic heterocycles. The van der Waals surface area contributed by atoms with Crippen LogP contribution in [0, 0.1) is 0 Å². The SMILES string of the molecule is Cn1ncc(C2CC2)c1C=O. The van der Waals surface area contributed by atoms with Crippen molar-refractivity contribution in [1.29, 1.82) is 0 Å². The molecule has 1 saturated carbocycles. The van der Waals surface area contributed by atoms with Crippen LogP contribution in [-0.2, 0) is 7.05 Å². The number of nitrogens with zero attached hydrogens (tertiary/aromatic N) is 2. The first-order valence-corrected chi connectivity index (χ1v) is 3.80. The third-order valence-electron chi connectivity index (χ3n) is 2.14. The van der Waals surface area contributed by atoms with E-state index in [-0.39, 0.29) is 0 Å². The summed E-state index contributed by atoms with van der Waals surface area (Å²) in [5.41, 5.74) is 1.87. The molecule has 3 nitrogen and oxygen atoms in total. The highest BCUT2D eigenvalue weighted by Gasteiger charge is 2.27. The zero-order valence-electron chi connectivity index (χ0n) is 6.45. The van der Waals surface area contributed by atoms with Gasteiger partial charge in [0.15, 0.2) is 6.29 Å². The molecule has 0 bridgehead atoms. The highest BCUT2D eigenvalue weighted by molar-refractivity contribution is 5.75. The quantitative estimate of drug-likeness (QED) is 0.592. The van der Waals surface area contributed by atoms with Gasteiger partial charge in [-0.25, -0.2) is 0 Å². The number of carbonyl (C=O) groups is 1. The van der Waals surface area contributed by atoms with Gasteiger partial charge in [0.05, 0.1) is 6.20 Å². The Morgan fingerprint density at radius 3 is 3.00 bits per heavy atom. The van der Waals surface area contributed by atoms with Gasteiger partial charge in [-0.15, -0.1) is 0 Å². The first-order chi connectivity index (χ1) is 5.33. The molecule has 1 aliphatic rings. The average molecular weight is 150 g/mol. The van der Waals surface area contributed by atoms with E-state index in [1.54, 1.807) is 17.9 Å². The van der Waals surface area contributed by atoms with Crippen LogP contribution < -0.4 is 0 Å². The second-order valence-corrected chi connectivity index (χ2v) is 3.00. The fourth-order valence-corrected chi connectivity index (χ4v) is 1.32. The molecule has 0 unspecified atom stereocenters. The lowest BCUT2D eigenvalue weighted by molar-refractivity contribution is 0.111. The number of aryl methyl sites for hydroxylation is 1. The molecule has 0 N–H and O–H groups in total. The van der Waals surface area contributed by atoms with Gasteiger partial charge < -0.3 is 0 Å². The zero-order chi connectivity index (χ0) is 7.84. The largest absolute Gasteiger partial charge is 0.296 e. The molecule has 1 fully saturated rings. The summed E-state index contributed by atoms with van der Waals surface area (Å²) in [5, 5.41) is 4.03. The lowest BCUT2D eigenvalue weighted by atomic mass is 10.2. The predicted molar refractivity (Wildman–Crippen MR) is 40.6 cm³/mol. The third-order valence-corrected chi connectivity index (χ3v) is 2.14. The maximum absolute atomic E-state index is 10.6. The molecule has 0 atom stereocenters. The Bertz CT molecular complexity index is 286. The van der Waals surface area contributed by atoms with Gasteiger partial charge in [-0.1, -0.05) is 0 Å². The number of hydrogen-bond acceptors (Lipinski definition) is 2. The molecule has 2 rings (SSSR count). The number of hydrogen-bond donors (Lipinski definition) is 0. The Labute approximate surface area is 65.0 Å². The van der Waals surface area contributed by atoms with Crippen LogP contribution in [0.25, 0.3) is 0 Å². The fraction of sp³-hybridized carbons (Fsp3) is 0.500. The number of aromatic nitrogens is 2. The van der Waals surface area contributed by atoms with E-state index < -0.39 is 0 Å². The van der Waals surface area contributed by atoms with Gasteiger partial charge in [0, 0.05) is 12.6 Å². The van der Waals surface area contributed by atoms with Crippen LogP contribution in [0.15, 0.2) is 6.20 Å². The standard InChI is InChI=1S/C8H10N2O/c1-10-8(5-11)7(4-9-10)6-2-3-6/h4-6H,2-3H2,1H3. The van der Waals surface area contributed by atoms with Crippen molar-refractivity contribution in [2.24, 2.45) is 7.05 Å². The van der Waals surface area contributed by atoms with Crippen LogP contribution >= 0.6 is 0 Å². The zero-order valence-corrected chi connectivity index (χ0v) is 6.45. The van der Waals surface area contributed by atoms with Crippen LogP contribution in [0.4, 0.5) is 0 Å². The molecule has 3 heteroatoms. The first kappa shape index (κ1) is 6.58. The maximum atomic E-state index is 10.6. The molecule has 0 amide bonds.